The standard InChI is InChI=1S/C23H48N4O11/c24-20(21(25)34)3-1-2-4-26-22(35)27-23(14-36-11-17(5-28)6-29,15-37-12-18(7-30)8-31)16-38-13-19(9-32)10-33/h17-20,28-33H,1-16,24H2,(H2,25,34)(H2,26,27,35)/t20-/m1/s1. The van der Waals surface area contributed by atoms with Crippen LogP contribution in [0, 0.1) is 17.8 Å². The molecule has 0 bridgehead atoms. The molecule has 15 nitrogen and oxygen atoms in total. The zero-order valence-electron chi connectivity index (χ0n) is 22.0. The van der Waals surface area contributed by atoms with Crippen molar-refractivity contribution in [3.05, 3.63) is 0 Å². The van der Waals surface area contributed by atoms with Gasteiger partial charge in [0.2, 0.25) is 5.91 Å². The number of unbranched alkanes of at least 4 members (excludes halogenated alkanes) is 1. The number of carbonyl (C=O) groups is 2. The Balaban J connectivity index is 5.37. The molecule has 0 saturated heterocycles. The quantitative estimate of drug-likeness (QED) is 0.0481. The number of amides is 3. The van der Waals surface area contributed by atoms with E-state index in [9.17, 15) is 40.2 Å². The molecular weight excluding hydrogens is 508 g/mol. The summed E-state index contributed by atoms with van der Waals surface area (Å²) in [4.78, 5) is 23.8. The Bertz CT molecular complexity index is 560. The van der Waals surface area contributed by atoms with Gasteiger partial charge in [-0.3, -0.25) is 4.79 Å². The summed E-state index contributed by atoms with van der Waals surface area (Å²) in [5, 5.41) is 61.4. The van der Waals surface area contributed by atoms with Gasteiger partial charge < -0.3 is 67.0 Å². The van der Waals surface area contributed by atoms with Crippen LogP contribution < -0.4 is 22.1 Å². The van der Waals surface area contributed by atoms with Crippen LogP contribution in [-0.4, -0.2) is 140 Å². The summed E-state index contributed by atoms with van der Waals surface area (Å²) in [6.45, 7) is -2.15. The molecular formula is C23H48N4O11. The van der Waals surface area contributed by atoms with E-state index < -0.39 is 41.3 Å². The lowest BCUT2D eigenvalue weighted by molar-refractivity contribution is -0.119. The minimum atomic E-state index is -1.29. The number of ether oxygens (including phenoxy) is 3. The van der Waals surface area contributed by atoms with Gasteiger partial charge >= 0.3 is 6.03 Å². The fourth-order valence-electron chi connectivity index (χ4n) is 3.10. The van der Waals surface area contributed by atoms with Crippen molar-refractivity contribution in [1.82, 2.24) is 10.6 Å². The van der Waals surface area contributed by atoms with E-state index in [1.807, 2.05) is 0 Å². The maximum Gasteiger partial charge on any atom is 0.315 e. The first-order valence-electron chi connectivity index (χ1n) is 12.7. The molecule has 0 spiro atoms. The molecule has 0 rings (SSSR count). The summed E-state index contributed by atoms with van der Waals surface area (Å²) in [5.74, 6) is -2.23. The normalized spacial score (nSPS) is 12.9. The predicted octanol–water partition coefficient (Wildman–Crippen LogP) is -4.14. The van der Waals surface area contributed by atoms with Gasteiger partial charge in [0, 0.05) is 24.3 Å². The summed E-state index contributed by atoms with van der Waals surface area (Å²) in [6, 6.07) is -1.34. The van der Waals surface area contributed by atoms with E-state index in [2.05, 4.69) is 10.6 Å². The first-order valence-corrected chi connectivity index (χ1v) is 12.7. The van der Waals surface area contributed by atoms with E-state index in [0.29, 0.717) is 19.3 Å². The number of rotatable bonds is 25. The molecule has 0 fully saturated rings. The summed E-state index contributed by atoms with van der Waals surface area (Å²) >= 11 is 0. The van der Waals surface area contributed by atoms with Crippen molar-refractivity contribution in [3.63, 3.8) is 0 Å². The summed E-state index contributed by atoms with van der Waals surface area (Å²) in [6.07, 6.45) is 1.47. The van der Waals surface area contributed by atoms with Crippen molar-refractivity contribution >= 4 is 11.9 Å². The van der Waals surface area contributed by atoms with Crippen LogP contribution in [0.3, 0.4) is 0 Å². The third-order valence-corrected chi connectivity index (χ3v) is 5.72. The molecule has 0 aromatic carbocycles. The lowest BCUT2D eigenvalue weighted by Gasteiger charge is -2.35. The van der Waals surface area contributed by atoms with Crippen molar-refractivity contribution in [1.29, 1.82) is 0 Å². The van der Waals surface area contributed by atoms with Gasteiger partial charge in [0.15, 0.2) is 0 Å². The Kier molecular flexibility index (Phi) is 21.2. The van der Waals surface area contributed by atoms with Crippen LogP contribution in [0.1, 0.15) is 19.3 Å². The number of urea groups is 1. The number of hydrogen-bond donors (Lipinski definition) is 10. The number of nitrogens with two attached hydrogens (primary N) is 2. The number of aliphatic hydroxyl groups is 6. The van der Waals surface area contributed by atoms with Gasteiger partial charge in [0.25, 0.3) is 0 Å². The summed E-state index contributed by atoms with van der Waals surface area (Å²) < 4.78 is 17.0. The highest BCUT2D eigenvalue weighted by Gasteiger charge is 2.34. The molecule has 0 aliphatic rings. The number of aliphatic hydroxyl groups excluding tert-OH is 6. The van der Waals surface area contributed by atoms with E-state index in [1.165, 1.54) is 0 Å². The van der Waals surface area contributed by atoms with E-state index in [4.69, 9.17) is 25.7 Å². The molecule has 1 atom stereocenters. The summed E-state index contributed by atoms with van der Waals surface area (Å²) in [7, 11) is 0. The van der Waals surface area contributed by atoms with Crippen LogP contribution in [0.4, 0.5) is 4.79 Å². The molecule has 0 heterocycles. The number of carbonyl (C=O) groups excluding carboxylic acids is 2. The highest BCUT2D eigenvalue weighted by Crippen LogP contribution is 2.13. The molecule has 12 N–H and O–H groups in total. The van der Waals surface area contributed by atoms with E-state index in [-0.39, 0.29) is 85.8 Å². The zero-order valence-corrected chi connectivity index (χ0v) is 22.0. The van der Waals surface area contributed by atoms with Gasteiger partial charge in [0.1, 0.15) is 5.54 Å². The Morgan fingerprint density at radius 1 is 0.711 bits per heavy atom. The minimum absolute atomic E-state index is 0.0238. The Morgan fingerprint density at radius 2 is 1.11 bits per heavy atom. The van der Waals surface area contributed by atoms with Crippen LogP contribution in [0.25, 0.3) is 0 Å². The number of primary amides is 1. The maximum atomic E-state index is 12.8. The molecule has 0 unspecified atom stereocenters. The van der Waals surface area contributed by atoms with Crippen LogP contribution in [0.15, 0.2) is 0 Å². The first kappa shape index (κ1) is 36.3. The van der Waals surface area contributed by atoms with Crippen molar-refractivity contribution < 1.29 is 54.4 Å². The van der Waals surface area contributed by atoms with E-state index in [1.54, 1.807) is 0 Å². The molecule has 15 heteroatoms. The van der Waals surface area contributed by atoms with Crippen LogP contribution in [0.2, 0.25) is 0 Å². The summed E-state index contributed by atoms with van der Waals surface area (Å²) in [5.41, 5.74) is 9.44. The predicted molar refractivity (Wildman–Crippen MR) is 136 cm³/mol. The molecule has 3 amide bonds. The van der Waals surface area contributed by atoms with Crippen molar-refractivity contribution in [2.75, 3.05) is 85.8 Å². The molecule has 0 saturated carbocycles. The lowest BCUT2D eigenvalue weighted by Crippen LogP contribution is -2.61. The Morgan fingerprint density at radius 3 is 1.45 bits per heavy atom. The first-order chi connectivity index (χ1) is 18.2. The average molecular weight is 557 g/mol. The van der Waals surface area contributed by atoms with Gasteiger partial charge in [-0.2, -0.15) is 0 Å². The third-order valence-electron chi connectivity index (χ3n) is 5.72. The minimum Gasteiger partial charge on any atom is -0.396 e. The average Bonchev–Trinajstić information content (AvgIpc) is 2.91. The second-order valence-electron chi connectivity index (χ2n) is 9.40. The third kappa shape index (κ3) is 16.3. The van der Waals surface area contributed by atoms with Gasteiger partial charge in [0.05, 0.1) is 85.3 Å². The second kappa shape index (κ2) is 22.2. The van der Waals surface area contributed by atoms with Gasteiger partial charge in [-0.1, -0.05) is 0 Å². The van der Waals surface area contributed by atoms with E-state index >= 15 is 0 Å². The van der Waals surface area contributed by atoms with Crippen LogP contribution in [0.5, 0.6) is 0 Å². The largest absolute Gasteiger partial charge is 0.396 e. The molecule has 38 heavy (non-hydrogen) atoms. The molecule has 226 valence electrons. The van der Waals surface area contributed by atoms with Crippen molar-refractivity contribution in [3.8, 4) is 0 Å². The fraction of sp³-hybridized carbons (Fsp3) is 0.913. The fourth-order valence-corrected chi connectivity index (χ4v) is 3.10. The highest BCUT2D eigenvalue weighted by molar-refractivity contribution is 5.79. The van der Waals surface area contributed by atoms with Crippen molar-refractivity contribution in [2.24, 2.45) is 29.2 Å². The van der Waals surface area contributed by atoms with Gasteiger partial charge in [-0.05, 0) is 19.3 Å². The second-order valence-corrected chi connectivity index (χ2v) is 9.40. The molecule has 0 aliphatic carbocycles. The van der Waals surface area contributed by atoms with Gasteiger partial charge in [-0.15, -0.1) is 0 Å². The zero-order chi connectivity index (χ0) is 28.8. The van der Waals surface area contributed by atoms with Gasteiger partial charge in [-0.25, -0.2) is 4.79 Å². The monoisotopic (exact) mass is 556 g/mol. The topological polar surface area (TPSA) is 259 Å². The van der Waals surface area contributed by atoms with Crippen LogP contribution >= 0.6 is 0 Å². The Labute approximate surface area is 223 Å². The smallest absolute Gasteiger partial charge is 0.315 e. The SMILES string of the molecule is NC(=O)[C@H](N)CCCCNC(=O)NC(COCC(CO)CO)(COCC(CO)CO)COCC(CO)CO. The maximum absolute atomic E-state index is 12.8. The molecule has 0 radical (unpaired) electrons. The molecule has 0 aromatic heterocycles. The van der Waals surface area contributed by atoms with Crippen LogP contribution in [-0.2, 0) is 19.0 Å². The number of hydrogen-bond acceptors (Lipinski definition) is 12. The molecule has 0 aliphatic heterocycles. The highest BCUT2D eigenvalue weighted by atomic mass is 16.5. The number of nitrogens with one attached hydrogen (secondary N) is 2. The lowest BCUT2D eigenvalue weighted by atomic mass is 10.0. The Hall–Kier alpha value is -1.66. The van der Waals surface area contributed by atoms with Crippen molar-refractivity contribution in [2.45, 2.75) is 30.8 Å². The van der Waals surface area contributed by atoms with E-state index in [0.717, 1.165) is 0 Å². The molecule has 0 aromatic rings.